The SMILES string of the molecule is CCNc1cncc(NC2CCCC2)c1. The molecule has 0 spiro atoms. The molecule has 0 bridgehead atoms. The zero-order valence-electron chi connectivity index (χ0n) is 9.29. The van der Waals surface area contributed by atoms with E-state index in [9.17, 15) is 0 Å². The van der Waals surface area contributed by atoms with E-state index >= 15 is 0 Å². The van der Waals surface area contributed by atoms with Gasteiger partial charge in [-0.05, 0) is 25.8 Å². The smallest absolute Gasteiger partial charge is 0.0549 e. The highest BCUT2D eigenvalue weighted by atomic mass is 15.0. The first-order valence-electron chi connectivity index (χ1n) is 5.84. The predicted molar refractivity (Wildman–Crippen MR) is 64.3 cm³/mol. The van der Waals surface area contributed by atoms with Crippen molar-refractivity contribution in [1.29, 1.82) is 0 Å². The number of hydrogen-bond donors (Lipinski definition) is 2. The van der Waals surface area contributed by atoms with Crippen LogP contribution in [-0.4, -0.2) is 17.6 Å². The van der Waals surface area contributed by atoms with E-state index in [1.165, 1.54) is 25.7 Å². The second kappa shape index (κ2) is 5.01. The molecule has 1 aliphatic rings. The van der Waals surface area contributed by atoms with Crippen LogP contribution in [0.25, 0.3) is 0 Å². The third kappa shape index (κ3) is 2.85. The van der Waals surface area contributed by atoms with Gasteiger partial charge < -0.3 is 10.6 Å². The number of nitrogens with one attached hydrogen (secondary N) is 2. The molecule has 0 unspecified atom stereocenters. The zero-order chi connectivity index (χ0) is 10.5. The average molecular weight is 205 g/mol. The highest BCUT2D eigenvalue weighted by molar-refractivity contribution is 5.54. The summed E-state index contributed by atoms with van der Waals surface area (Å²) >= 11 is 0. The summed E-state index contributed by atoms with van der Waals surface area (Å²) in [7, 11) is 0. The van der Waals surface area contributed by atoms with Gasteiger partial charge in [-0.1, -0.05) is 12.8 Å². The van der Waals surface area contributed by atoms with Crippen molar-refractivity contribution in [1.82, 2.24) is 4.98 Å². The van der Waals surface area contributed by atoms with Crippen molar-refractivity contribution in [3.63, 3.8) is 0 Å². The maximum absolute atomic E-state index is 4.22. The molecule has 0 aromatic carbocycles. The van der Waals surface area contributed by atoms with Crippen LogP contribution in [0, 0.1) is 0 Å². The lowest BCUT2D eigenvalue weighted by Gasteiger charge is -2.14. The lowest BCUT2D eigenvalue weighted by Crippen LogP contribution is -2.14. The summed E-state index contributed by atoms with van der Waals surface area (Å²) in [5, 5.41) is 6.81. The van der Waals surface area contributed by atoms with Gasteiger partial charge in [0.25, 0.3) is 0 Å². The molecule has 0 amide bonds. The Morgan fingerprint density at radius 3 is 2.73 bits per heavy atom. The van der Waals surface area contributed by atoms with Crippen molar-refractivity contribution < 1.29 is 0 Å². The molecule has 1 heterocycles. The summed E-state index contributed by atoms with van der Waals surface area (Å²) in [4.78, 5) is 4.22. The highest BCUT2D eigenvalue weighted by Crippen LogP contribution is 2.22. The molecule has 1 aromatic rings. The largest absolute Gasteiger partial charge is 0.384 e. The van der Waals surface area contributed by atoms with Crippen LogP contribution < -0.4 is 10.6 Å². The van der Waals surface area contributed by atoms with Crippen molar-refractivity contribution in [3.05, 3.63) is 18.5 Å². The molecule has 1 aromatic heterocycles. The first-order valence-corrected chi connectivity index (χ1v) is 5.84. The Morgan fingerprint density at radius 1 is 1.27 bits per heavy atom. The van der Waals surface area contributed by atoms with Gasteiger partial charge in [0.15, 0.2) is 0 Å². The van der Waals surface area contributed by atoms with E-state index < -0.39 is 0 Å². The Kier molecular flexibility index (Phi) is 3.43. The minimum atomic E-state index is 0.656. The van der Waals surface area contributed by atoms with Crippen LogP contribution in [0.1, 0.15) is 32.6 Å². The van der Waals surface area contributed by atoms with Gasteiger partial charge in [-0.15, -0.1) is 0 Å². The van der Waals surface area contributed by atoms with Gasteiger partial charge in [-0.25, -0.2) is 0 Å². The molecule has 0 aliphatic heterocycles. The maximum Gasteiger partial charge on any atom is 0.0549 e. The zero-order valence-corrected chi connectivity index (χ0v) is 9.29. The number of nitrogens with zero attached hydrogens (tertiary/aromatic N) is 1. The molecule has 3 nitrogen and oxygen atoms in total. The molecule has 1 fully saturated rings. The Labute approximate surface area is 91.3 Å². The summed E-state index contributed by atoms with van der Waals surface area (Å²) in [6, 6.07) is 2.79. The van der Waals surface area contributed by atoms with E-state index in [-0.39, 0.29) is 0 Å². The summed E-state index contributed by atoms with van der Waals surface area (Å²) in [5.74, 6) is 0. The molecule has 15 heavy (non-hydrogen) atoms. The number of anilines is 2. The van der Waals surface area contributed by atoms with Crippen molar-refractivity contribution in [2.75, 3.05) is 17.2 Å². The first-order chi connectivity index (χ1) is 7.38. The third-order valence-corrected chi connectivity index (χ3v) is 2.85. The highest BCUT2D eigenvalue weighted by Gasteiger charge is 2.14. The van der Waals surface area contributed by atoms with E-state index in [1.54, 1.807) is 0 Å². The minimum absolute atomic E-state index is 0.656. The second-order valence-corrected chi connectivity index (χ2v) is 4.12. The van der Waals surface area contributed by atoms with Crippen LogP contribution in [0.5, 0.6) is 0 Å². The standard InChI is InChI=1S/C12H19N3/c1-2-14-11-7-12(9-13-8-11)15-10-5-3-4-6-10/h7-10,14-15H,2-6H2,1H3. The molecule has 2 N–H and O–H groups in total. The summed E-state index contributed by atoms with van der Waals surface area (Å²) in [6.45, 7) is 3.03. The fourth-order valence-electron chi connectivity index (χ4n) is 2.13. The molecule has 0 saturated heterocycles. The monoisotopic (exact) mass is 205 g/mol. The van der Waals surface area contributed by atoms with Gasteiger partial charge in [-0.2, -0.15) is 0 Å². The van der Waals surface area contributed by atoms with Crippen LogP contribution in [-0.2, 0) is 0 Å². The van der Waals surface area contributed by atoms with Gasteiger partial charge >= 0.3 is 0 Å². The quantitative estimate of drug-likeness (QED) is 0.793. The third-order valence-electron chi connectivity index (χ3n) is 2.85. The summed E-state index contributed by atoms with van der Waals surface area (Å²) in [6.07, 6.45) is 9.08. The molecule has 0 radical (unpaired) electrons. The van der Waals surface area contributed by atoms with E-state index in [1.807, 2.05) is 12.4 Å². The predicted octanol–water partition coefficient (Wildman–Crippen LogP) is 2.87. The van der Waals surface area contributed by atoms with Crippen LogP contribution in [0.3, 0.4) is 0 Å². The van der Waals surface area contributed by atoms with Gasteiger partial charge in [0.05, 0.1) is 23.8 Å². The lowest BCUT2D eigenvalue weighted by atomic mass is 10.2. The number of pyridine rings is 1. The molecular formula is C12H19N3. The molecule has 2 rings (SSSR count). The molecule has 1 saturated carbocycles. The second-order valence-electron chi connectivity index (χ2n) is 4.12. The summed E-state index contributed by atoms with van der Waals surface area (Å²) < 4.78 is 0. The van der Waals surface area contributed by atoms with Crippen molar-refractivity contribution in [2.45, 2.75) is 38.6 Å². The van der Waals surface area contributed by atoms with Crippen LogP contribution in [0.15, 0.2) is 18.5 Å². The Morgan fingerprint density at radius 2 is 2.00 bits per heavy atom. The molecular weight excluding hydrogens is 186 g/mol. The van der Waals surface area contributed by atoms with Gasteiger partial charge in [-0.3, -0.25) is 4.98 Å². The van der Waals surface area contributed by atoms with Crippen LogP contribution >= 0.6 is 0 Å². The normalized spacial score (nSPS) is 16.6. The minimum Gasteiger partial charge on any atom is -0.384 e. The van der Waals surface area contributed by atoms with Crippen molar-refractivity contribution in [3.8, 4) is 0 Å². The number of aromatic nitrogens is 1. The van der Waals surface area contributed by atoms with Crippen LogP contribution in [0.4, 0.5) is 11.4 Å². The number of hydrogen-bond acceptors (Lipinski definition) is 3. The first kappa shape index (κ1) is 10.3. The molecule has 1 aliphatic carbocycles. The van der Waals surface area contributed by atoms with Crippen LogP contribution in [0.2, 0.25) is 0 Å². The maximum atomic E-state index is 4.22. The summed E-state index contributed by atoms with van der Waals surface area (Å²) in [5.41, 5.74) is 2.24. The van der Waals surface area contributed by atoms with Gasteiger partial charge in [0.1, 0.15) is 0 Å². The fraction of sp³-hybridized carbons (Fsp3) is 0.583. The topological polar surface area (TPSA) is 37.0 Å². The fourth-order valence-corrected chi connectivity index (χ4v) is 2.13. The van der Waals surface area contributed by atoms with Crippen molar-refractivity contribution in [2.24, 2.45) is 0 Å². The van der Waals surface area contributed by atoms with E-state index in [4.69, 9.17) is 0 Å². The van der Waals surface area contributed by atoms with E-state index in [2.05, 4.69) is 28.6 Å². The Bertz CT molecular complexity index is 305. The molecule has 82 valence electrons. The number of rotatable bonds is 4. The van der Waals surface area contributed by atoms with E-state index in [0.29, 0.717) is 6.04 Å². The molecule has 0 atom stereocenters. The van der Waals surface area contributed by atoms with Gasteiger partial charge in [0.2, 0.25) is 0 Å². The van der Waals surface area contributed by atoms with Crippen molar-refractivity contribution >= 4 is 11.4 Å². The Balaban J connectivity index is 1.97. The average Bonchev–Trinajstić information content (AvgIpc) is 2.71. The molecule has 3 heteroatoms. The van der Waals surface area contributed by atoms with E-state index in [0.717, 1.165) is 17.9 Å². The van der Waals surface area contributed by atoms with Gasteiger partial charge in [0, 0.05) is 12.6 Å². The Hall–Kier alpha value is -1.25. The lowest BCUT2D eigenvalue weighted by molar-refractivity contribution is 0.755.